The molecule has 3 amide bonds. The zero-order valence-corrected chi connectivity index (χ0v) is 10.7. The van der Waals surface area contributed by atoms with Gasteiger partial charge in [-0.05, 0) is 38.4 Å². The van der Waals surface area contributed by atoms with Crippen LogP contribution < -0.4 is 15.4 Å². The molecule has 18 heavy (non-hydrogen) atoms. The first-order valence-electron chi connectivity index (χ1n) is 5.41. The summed E-state index contributed by atoms with van der Waals surface area (Å²) in [6.07, 6.45) is 0. The van der Waals surface area contributed by atoms with Crippen LogP contribution in [0.2, 0.25) is 0 Å². The van der Waals surface area contributed by atoms with E-state index in [0.717, 1.165) is 0 Å². The Bertz CT molecular complexity index is 415. The Balaban J connectivity index is 2.46. The van der Waals surface area contributed by atoms with Crippen LogP contribution in [0, 0.1) is 0 Å². The summed E-state index contributed by atoms with van der Waals surface area (Å²) < 4.78 is 4.99. The predicted molar refractivity (Wildman–Crippen MR) is 68.7 cm³/mol. The molecule has 0 aliphatic carbocycles. The van der Waals surface area contributed by atoms with Crippen LogP contribution in [-0.4, -0.2) is 44.6 Å². The van der Waals surface area contributed by atoms with Gasteiger partial charge in [0.15, 0.2) is 0 Å². The molecule has 0 fully saturated rings. The fraction of sp³-hybridized carbons (Fsp3) is 0.333. The maximum absolute atomic E-state index is 11.5. The van der Waals surface area contributed by atoms with Crippen molar-refractivity contribution in [2.45, 2.75) is 0 Å². The van der Waals surface area contributed by atoms with E-state index in [1.54, 1.807) is 50.4 Å². The lowest BCUT2D eigenvalue weighted by Gasteiger charge is -2.10. The van der Waals surface area contributed by atoms with Gasteiger partial charge in [0.05, 0.1) is 13.7 Å². The van der Waals surface area contributed by atoms with Gasteiger partial charge >= 0.3 is 6.03 Å². The number of likely N-dealkylation sites (N-methyl/N-ethyl adjacent to an activating group) is 1. The third-order valence-electron chi connectivity index (χ3n) is 2.06. The van der Waals surface area contributed by atoms with Crippen molar-refractivity contribution in [2.24, 2.45) is 0 Å². The Morgan fingerprint density at radius 3 is 2.33 bits per heavy atom. The molecular weight excluding hydrogens is 234 g/mol. The minimum atomic E-state index is -0.549. The molecule has 98 valence electrons. The molecule has 0 saturated heterocycles. The van der Waals surface area contributed by atoms with E-state index < -0.39 is 6.03 Å². The van der Waals surface area contributed by atoms with Crippen LogP contribution in [0.3, 0.4) is 0 Å². The maximum atomic E-state index is 11.5. The van der Waals surface area contributed by atoms with Gasteiger partial charge in [-0.1, -0.05) is 0 Å². The molecule has 6 heteroatoms. The van der Waals surface area contributed by atoms with Gasteiger partial charge in [-0.25, -0.2) is 4.79 Å². The first-order valence-corrected chi connectivity index (χ1v) is 5.41. The zero-order valence-electron chi connectivity index (χ0n) is 10.7. The third kappa shape index (κ3) is 4.84. The van der Waals surface area contributed by atoms with E-state index in [-0.39, 0.29) is 12.5 Å². The average molecular weight is 251 g/mol. The van der Waals surface area contributed by atoms with Crippen molar-refractivity contribution >= 4 is 17.6 Å². The van der Waals surface area contributed by atoms with Crippen LogP contribution in [0.5, 0.6) is 5.75 Å². The monoisotopic (exact) mass is 251 g/mol. The molecule has 0 radical (unpaired) electrons. The molecule has 0 aliphatic rings. The Morgan fingerprint density at radius 2 is 1.83 bits per heavy atom. The average Bonchev–Trinajstić information content (AvgIpc) is 2.28. The highest BCUT2D eigenvalue weighted by molar-refractivity contribution is 6.01. The number of nitrogens with one attached hydrogen (secondary N) is 2. The second-order valence-corrected chi connectivity index (χ2v) is 3.97. The number of carbonyl (C=O) groups is 2. The number of carbonyl (C=O) groups excluding carboxylic acids is 2. The summed E-state index contributed by atoms with van der Waals surface area (Å²) in [5.74, 6) is 0.343. The molecular formula is C12H17N3O3. The standard InChI is InChI=1S/C12H17N3O3/c1-15(2)8-11(16)14-12(17)13-9-4-6-10(18-3)7-5-9/h4-7H,8H2,1-3H3,(H2,13,14,16,17). The molecule has 0 bridgehead atoms. The van der Waals surface area contributed by atoms with E-state index in [4.69, 9.17) is 4.74 Å². The van der Waals surface area contributed by atoms with E-state index in [9.17, 15) is 9.59 Å². The molecule has 0 spiro atoms. The summed E-state index contributed by atoms with van der Waals surface area (Å²) in [6, 6.07) is 6.27. The van der Waals surface area contributed by atoms with Crippen LogP contribution in [0.15, 0.2) is 24.3 Å². The molecule has 0 unspecified atom stereocenters. The van der Waals surface area contributed by atoms with Crippen LogP contribution in [0.25, 0.3) is 0 Å². The summed E-state index contributed by atoms with van der Waals surface area (Å²) in [6.45, 7) is 0.163. The number of nitrogens with zero attached hydrogens (tertiary/aromatic N) is 1. The highest BCUT2D eigenvalue weighted by atomic mass is 16.5. The van der Waals surface area contributed by atoms with Crippen molar-refractivity contribution in [1.82, 2.24) is 10.2 Å². The molecule has 1 aromatic carbocycles. The van der Waals surface area contributed by atoms with Crippen LogP contribution in [-0.2, 0) is 4.79 Å². The number of ether oxygens (including phenoxy) is 1. The topological polar surface area (TPSA) is 70.7 Å². The third-order valence-corrected chi connectivity index (χ3v) is 2.06. The van der Waals surface area contributed by atoms with Crippen molar-refractivity contribution in [3.05, 3.63) is 24.3 Å². The Hall–Kier alpha value is -2.08. The number of rotatable bonds is 4. The summed E-state index contributed by atoms with van der Waals surface area (Å²) in [5, 5.41) is 4.78. The van der Waals surface area contributed by atoms with Crippen molar-refractivity contribution in [2.75, 3.05) is 33.1 Å². The van der Waals surface area contributed by atoms with Gasteiger partial charge in [0.2, 0.25) is 5.91 Å². The lowest BCUT2D eigenvalue weighted by Crippen LogP contribution is -2.39. The number of benzene rings is 1. The second-order valence-electron chi connectivity index (χ2n) is 3.97. The molecule has 2 N–H and O–H groups in total. The highest BCUT2D eigenvalue weighted by Gasteiger charge is 2.08. The molecule has 6 nitrogen and oxygen atoms in total. The van der Waals surface area contributed by atoms with Crippen molar-refractivity contribution in [3.8, 4) is 5.75 Å². The highest BCUT2D eigenvalue weighted by Crippen LogP contribution is 2.14. The van der Waals surface area contributed by atoms with E-state index in [2.05, 4.69) is 10.6 Å². The first-order chi connectivity index (χ1) is 8.51. The molecule has 1 rings (SSSR count). The molecule has 0 aromatic heterocycles. The second kappa shape index (κ2) is 6.61. The number of imide groups is 1. The maximum Gasteiger partial charge on any atom is 0.325 e. The summed E-state index contributed by atoms with van der Waals surface area (Å²) >= 11 is 0. The van der Waals surface area contributed by atoms with E-state index in [1.165, 1.54) is 0 Å². The van der Waals surface area contributed by atoms with Crippen LogP contribution in [0.4, 0.5) is 10.5 Å². The van der Waals surface area contributed by atoms with Gasteiger partial charge in [0.25, 0.3) is 0 Å². The lowest BCUT2D eigenvalue weighted by atomic mass is 10.3. The minimum absolute atomic E-state index is 0.163. The van der Waals surface area contributed by atoms with E-state index in [0.29, 0.717) is 11.4 Å². The van der Waals surface area contributed by atoms with Gasteiger partial charge in [0, 0.05) is 5.69 Å². The Kier molecular flexibility index (Phi) is 5.13. The minimum Gasteiger partial charge on any atom is -0.497 e. The predicted octanol–water partition coefficient (Wildman–Crippen LogP) is 0.905. The number of hydrogen-bond donors (Lipinski definition) is 2. The normalized spacial score (nSPS) is 10.0. The van der Waals surface area contributed by atoms with Gasteiger partial charge < -0.3 is 15.0 Å². The first kappa shape index (κ1) is 14.0. The quantitative estimate of drug-likeness (QED) is 0.834. The zero-order chi connectivity index (χ0) is 13.5. The van der Waals surface area contributed by atoms with Gasteiger partial charge in [0.1, 0.15) is 5.75 Å². The number of hydrogen-bond acceptors (Lipinski definition) is 4. The van der Waals surface area contributed by atoms with Gasteiger partial charge in [-0.2, -0.15) is 0 Å². The largest absolute Gasteiger partial charge is 0.497 e. The lowest BCUT2D eigenvalue weighted by molar-refractivity contribution is -0.120. The fourth-order valence-corrected chi connectivity index (χ4v) is 1.29. The molecule has 0 saturated carbocycles. The van der Waals surface area contributed by atoms with E-state index >= 15 is 0 Å². The number of amides is 3. The Labute approximate surface area is 106 Å². The van der Waals surface area contributed by atoms with Gasteiger partial charge in [-0.3, -0.25) is 10.1 Å². The fourth-order valence-electron chi connectivity index (χ4n) is 1.29. The molecule has 0 aliphatic heterocycles. The Morgan fingerprint density at radius 1 is 1.22 bits per heavy atom. The van der Waals surface area contributed by atoms with Gasteiger partial charge in [-0.15, -0.1) is 0 Å². The summed E-state index contributed by atoms with van der Waals surface area (Å²) in [4.78, 5) is 24.5. The smallest absolute Gasteiger partial charge is 0.325 e. The molecule has 1 aromatic rings. The SMILES string of the molecule is COc1ccc(NC(=O)NC(=O)CN(C)C)cc1. The van der Waals surface area contributed by atoms with Crippen LogP contribution in [0.1, 0.15) is 0 Å². The molecule has 0 heterocycles. The van der Waals surface area contributed by atoms with Crippen molar-refractivity contribution in [1.29, 1.82) is 0 Å². The summed E-state index contributed by atoms with van der Waals surface area (Å²) in [5.41, 5.74) is 0.589. The van der Waals surface area contributed by atoms with Crippen LogP contribution >= 0.6 is 0 Å². The number of methoxy groups -OCH3 is 1. The summed E-state index contributed by atoms with van der Waals surface area (Å²) in [7, 11) is 5.07. The molecule has 0 atom stereocenters. The van der Waals surface area contributed by atoms with E-state index in [1.807, 2.05) is 0 Å². The number of urea groups is 1. The van der Waals surface area contributed by atoms with Crippen molar-refractivity contribution in [3.63, 3.8) is 0 Å². The number of anilines is 1. The van der Waals surface area contributed by atoms with Crippen molar-refractivity contribution < 1.29 is 14.3 Å².